The van der Waals surface area contributed by atoms with Crippen LogP contribution in [-0.2, 0) is 0 Å². The Morgan fingerprint density at radius 3 is 2.55 bits per heavy atom. The standard InChI is InChI=1S/C18H18N2OS/c19-12-13-7-9-15(10-8-13)18(21)20-17(14-4-1-2-5-14)16-6-3-11-22-16/h3,6-11,14,17H,1-2,4-5H2,(H,20,21)/t17-/m0/s1. The van der Waals surface area contributed by atoms with Gasteiger partial charge in [0.2, 0.25) is 0 Å². The van der Waals surface area contributed by atoms with Crippen molar-refractivity contribution in [3.63, 3.8) is 0 Å². The van der Waals surface area contributed by atoms with Gasteiger partial charge in [-0.25, -0.2) is 0 Å². The summed E-state index contributed by atoms with van der Waals surface area (Å²) in [5, 5.41) is 14.1. The first-order chi connectivity index (χ1) is 10.8. The van der Waals surface area contributed by atoms with Crippen LogP contribution in [0.15, 0.2) is 41.8 Å². The lowest BCUT2D eigenvalue weighted by Crippen LogP contribution is -2.32. The number of carbonyl (C=O) groups excluding carboxylic acids is 1. The van der Waals surface area contributed by atoms with E-state index in [-0.39, 0.29) is 11.9 Å². The highest BCUT2D eigenvalue weighted by atomic mass is 32.1. The van der Waals surface area contributed by atoms with Crippen molar-refractivity contribution in [1.82, 2.24) is 5.32 Å². The fraction of sp³-hybridized carbons (Fsp3) is 0.333. The van der Waals surface area contributed by atoms with Gasteiger partial charge in [-0.05, 0) is 54.5 Å². The lowest BCUT2D eigenvalue weighted by molar-refractivity contribution is 0.0923. The summed E-state index contributed by atoms with van der Waals surface area (Å²) in [5.41, 5.74) is 1.18. The van der Waals surface area contributed by atoms with Crippen LogP contribution in [0.25, 0.3) is 0 Å². The number of carbonyl (C=O) groups is 1. The maximum absolute atomic E-state index is 12.5. The normalized spacial score (nSPS) is 16.1. The van der Waals surface area contributed by atoms with Gasteiger partial charge in [0.15, 0.2) is 0 Å². The van der Waals surface area contributed by atoms with Crippen LogP contribution in [0.5, 0.6) is 0 Å². The van der Waals surface area contributed by atoms with Crippen LogP contribution in [0.2, 0.25) is 0 Å². The summed E-state index contributed by atoms with van der Waals surface area (Å²) in [4.78, 5) is 13.7. The monoisotopic (exact) mass is 310 g/mol. The van der Waals surface area contributed by atoms with E-state index in [9.17, 15) is 4.79 Å². The van der Waals surface area contributed by atoms with Crippen LogP contribution >= 0.6 is 11.3 Å². The summed E-state index contributed by atoms with van der Waals surface area (Å²) in [6.45, 7) is 0. The number of hydrogen-bond donors (Lipinski definition) is 1. The molecule has 1 aromatic heterocycles. The molecule has 3 nitrogen and oxygen atoms in total. The number of nitrogens with zero attached hydrogens (tertiary/aromatic N) is 1. The molecule has 2 aromatic rings. The molecule has 0 unspecified atom stereocenters. The van der Waals surface area contributed by atoms with E-state index in [1.807, 2.05) is 6.07 Å². The molecule has 1 atom stereocenters. The third-order valence-electron chi connectivity index (χ3n) is 4.28. The Balaban J connectivity index is 1.77. The van der Waals surface area contributed by atoms with E-state index in [0.717, 1.165) is 0 Å². The highest BCUT2D eigenvalue weighted by Gasteiger charge is 2.28. The Labute approximate surface area is 134 Å². The van der Waals surface area contributed by atoms with Gasteiger partial charge in [-0.1, -0.05) is 18.9 Å². The Hall–Kier alpha value is -2.12. The zero-order valence-corrected chi connectivity index (χ0v) is 13.1. The maximum Gasteiger partial charge on any atom is 0.251 e. The molecule has 0 aliphatic heterocycles. The molecule has 1 saturated carbocycles. The van der Waals surface area contributed by atoms with Crippen LogP contribution in [0, 0.1) is 17.2 Å². The SMILES string of the molecule is N#Cc1ccc(C(=O)N[C@H](c2cccs2)C2CCCC2)cc1. The van der Waals surface area contributed by atoms with Crippen LogP contribution in [0.1, 0.15) is 52.5 Å². The summed E-state index contributed by atoms with van der Waals surface area (Å²) in [6, 6.07) is 13.1. The molecule has 1 heterocycles. The van der Waals surface area contributed by atoms with Crippen molar-refractivity contribution >= 4 is 17.2 Å². The number of hydrogen-bond acceptors (Lipinski definition) is 3. The number of nitrogens with one attached hydrogen (secondary N) is 1. The summed E-state index contributed by atoms with van der Waals surface area (Å²) >= 11 is 1.70. The quantitative estimate of drug-likeness (QED) is 0.916. The average molecular weight is 310 g/mol. The molecular weight excluding hydrogens is 292 g/mol. The van der Waals surface area contributed by atoms with E-state index >= 15 is 0 Å². The minimum absolute atomic E-state index is 0.0604. The predicted molar refractivity (Wildman–Crippen MR) is 87.6 cm³/mol. The molecule has 1 fully saturated rings. The Morgan fingerprint density at radius 2 is 1.95 bits per heavy atom. The molecule has 0 radical (unpaired) electrons. The fourth-order valence-electron chi connectivity index (χ4n) is 3.10. The molecule has 4 heteroatoms. The van der Waals surface area contributed by atoms with Crippen LogP contribution < -0.4 is 5.32 Å². The summed E-state index contributed by atoms with van der Waals surface area (Å²) < 4.78 is 0. The first-order valence-corrected chi connectivity index (χ1v) is 8.50. The highest BCUT2D eigenvalue weighted by Crippen LogP contribution is 2.37. The van der Waals surface area contributed by atoms with Crippen molar-refractivity contribution < 1.29 is 4.79 Å². The second-order valence-electron chi connectivity index (χ2n) is 5.70. The molecule has 1 aliphatic rings. The first kappa shape index (κ1) is 14.8. The maximum atomic E-state index is 12.5. The fourth-order valence-corrected chi connectivity index (χ4v) is 3.97. The number of rotatable bonds is 4. The third kappa shape index (κ3) is 3.20. The zero-order valence-electron chi connectivity index (χ0n) is 12.3. The Bertz CT molecular complexity index is 664. The number of amides is 1. The molecule has 22 heavy (non-hydrogen) atoms. The van der Waals surface area contributed by atoms with Gasteiger partial charge in [0.05, 0.1) is 17.7 Å². The summed E-state index contributed by atoms with van der Waals surface area (Å²) in [7, 11) is 0. The third-order valence-corrected chi connectivity index (χ3v) is 5.24. The van der Waals surface area contributed by atoms with Gasteiger partial charge in [0, 0.05) is 10.4 Å². The molecule has 1 N–H and O–H groups in total. The van der Waals surface area contributed by atoms with Gasteiger partial charge in [-0.15, -0.1) is 11.3 Å². The van der Waals surface area contributed by atoms with Gasteiger partial charge >= 0.3 is 0 Å². The van der Waals surface area contributed by atoms with E-state index in [4.69, 9.17) is 5.26 Å². The highest BCUT2D eigenvalue weighted by molar-refractivity contribution is 7.10. The van der Waals surface area contributed by atoms with Crippen LogP contribution in [0.4, 0.5) is 0 Å². The van der Waals surface area contributed by atoms with Crippen molar-refractivity contribution in [3.8, 4) is 6.07 Å². The van der Waals surface area contributed by atoms with E-state index in [0.29, 0.717) is 17.0 Å². The van der Waals surface area contributed by atoms with Crippen molar-refractivity contribution in [2.45, 2.75) is 31.7 Å². The molecule has 1 aromatic carbocycles. The molecule has 1 aliphatic carbocycles. The van der Waals surface area contributed by atoms with Crippen molar-refractivity contribution in [2.24, 2.45) is 5.92 Å². The van der Waals surface area contributed by atoms with Crippen molar-refractivity contribution in [3.05, 3.63) is 57.8 Å². The summed E-state index contributed by atoms with van der Waals surface area (Å²) in [5.74, 6) is 0.468. The van der Waals surface area contributed by atoms with Gasteiger partial charge in [0.25, 0.3) is 5.91 Å². The number of thiophene rings is 1. The lowest BCUT2D eigenvalue weighted by Gasteiger charge is -2.23. The average Bonchev–Trinajstić information content (AvgIpc) is 3.26. The Morgan fingerprint density at radius 1 is 1.23 bits per heavy atom. The van der Waals surface area contributed by atoms with E-state index < -0.39 is 0 Å². The summed E-state index contributed by atoms with van der Waals surface area (Å²) in [6.07, 6.45) is 4.85. The molecular formula is C18H18N2OS. The smallest absolute Gasteiger partial charge is 0.251 e. The Kier molecular flexibility index (Phi) is 4.55. The van der Waals surface area contributed by atoms with Crippen LogP contribution in [-0.4, -0.2) is 5.91 Å². The topological polar surface area (TPSA) is 52.9 Å². The second kappa shape index (κ2) is 6.76. The second-order valence-corrected chi connectivity index (χ2v) is 6.68. The molecule has 1 amide bonds. The van der Waals surface area contributed by atoms with E-state index in [1.54, 1.807) is 35.6 Å². The zero-order chi connectivity index (χ0) is 15.4. The number of benzene rings is 1. The lowest BCUT2D eigenvalue weighted by atomic mass is 9.96. The molecule has 0 saturated heterocycles. The van der Waals surface area contributed by atoms with Gasteiger partial charge in [-0.3, -0.25) is 4.79 Å². The van der Waals surface area contributed by atoms with Gasteiger partial charge in [0.1, 0.15) is 0 Å². The van der Waals surface area contributed by atoms with E-state index in [1.165, 1.54) is 30.6 Å². The van der Waals surface area contributed by atoms with Gasteiger partial charge in [-0.2, -0.15) is 5.26 Å². The van der Waals surface area contributed by atoms with Crippen molar-refractivity contribution in [2.75, 3.05) is 0 Å². The minimum Gasteiger partial charge on any atom is -0.344 e. The van der Waals surface area contributed by atoms with Crippen LogP contribution in [0.3, 0.4) is 0 Å². The first-order valence-electron chi connectivity index (χ1n) is 7.62. The molecule has 112 valence electrons. The minimum atomic E-state index is -0.0604. The van der Waals surface area contributed by atoms with E-state index in [2.05, 4.69) is 22.8 Å². The molecule has 0 bridgehead atoms. The van der Waals surface area contributed by atoms with Crippen molar-refractivity contribution in [1.29, 1.82) is 5.26 Å². The molecule has 0 spiro atoms. The number of nitriles is 1. The largest absolute Gasteiger partial charge is 0.344 e. The van der Waals surface area contributed by atoms with Gasteiger partial charge < -0.3 is 5.32 Å². The molecule has 3 rings (SSSR count). The predicted octanol–water partition coefficient (Wildman–Crippen LogP) is 4.28.